The number of hydrogen-bond donors (Lipinski definition) is 0. The first-order valence-corrected chi connectivity index (χ1v) is 5.67. The smallest absolute Gasteiger partial charge is 0.272 e. The summed E-state index contributed by atoms with van der Waals surface area (Å²) in [5, 5.41) is 0. The molecule has 1 aromatic rings. The zero-order valence-corrected chi connectivity index (χ0v) is 8.90. The van der Waals surface area contributed by atoms with Crippen molar-refractivity contribution in [3.8, 4) is 0 Å². The first-order valence-electron chi connectivity index (χ1n) is 5.67. The minimum Gasteiger partial charge on any atom is -0.334 e. The van der Waals surface area contributed by atoms with Gasteiger partial charge < -0.3 is 4.90 Å². The quantitative estimate of drug-likeness (QED) is 0.677. The fourth-order valence-corrected chi connectivity index (χ4v) is 2.85. The number of nitrogens with zero attached hydrogens (tertiary/aromatic N) is 2. The normalized spacial score (nSPS) is 27.4. The Hall–Kier alpha value is -1.45. The summed E-state index contributed by atoms with van der Waals surface area (Å²) >= 11 is 0. The van der Waals surface area contributed by atoms with Gasteiger partial charge in [-0.05, 0) is 37.3 Å². The Morgan fingerprint density at radius 3 is 2.94 bits per heavy atom. The molecule has 0 radical (unpaired) electrons. The van der Waals surface area contributed by atoms with E-state index in [1.54, 1.807) is 6.07 Å². The largest absolute Gasteiger partial charge is 0.334 e. The molecule has 0 spiro atoms. The average Bonchev–Trinajstić information content (AvgIpc) is 2.89. The van der Waals surface area contributed by atoms with Crippen molar-refractivity contribution in [1.82, 2.24) is 9.88 Å². The van der Waals surface area contributed by atoms with Crippen molar-refractivity contribution in [3.63, 3.8) is 0 Å². The summed E-state index contributed by atoms with van der Waals surface area (Å²) in [5.74, 6) is -0.0515. The molecule has 16 heavy (non-hydrogen) atoms. The standard InChI is InChI=1S/C12H13FN2O/c13-11-3-1-2-10(14-11)12(16)15-7-8-4-5-9(15)6-8/h1-3,8-9H,4-7H2. The molecule has 2 heterocycles. The first kappa shape index (κ1) is 9.75. The molecule has 3 rings (SSSR count). The predicted octanol–water partition coefficient (Wildman–Crippen LogP) is 1.85. The van der Waals surface area contributed by atoms with Gasteiger partial charge in [0, 0.05) is 12.6 Å². The summed E-state index contributed by atoms with van der Waals surface area (Å²) < 4.78 is 12.9. The third-order valence-electron chi connectivity index (χ3n) is 3.60. The Morgan fingerprint density at radius 1 is 1.44 bits per heavy atom. The van der Waals surface area contributed by atoms with Crippen LogP contribution in [0.15, 0.2) is 18.2 Å². The summed E-state index contributed by atoms with van der Waals surface area (Å²) in [5.41, 5.74) is 0.229. The van der Waals surface area contributed by atoms with E-state index in [2.05, 4.69) is 4.98 Å². The van der Waals surface area contributed by atoms with Gasteiger partial charge in [0.15, 0.2) is 0 Å². The number of piperidine rings is 1. The third kappa shape index (κ3) is 1.49. The molecule has 1 aromatic heterocycles. The number of amides is 1. The predicted molar refractivity (Wildman–Crippen MR) is 56.4 cm³/mol. The van der Waals surface area contributed by atoms with Crippen LogP contribution in [-0.4, -0.2) is 28.4 Å². The summed E-state index contributed by atoms with van der Waals surface area (Å²) in [6.45, 7) is 0.821. The Bertz CT molecular complexity index is 435. The van der Waals surface area contributed by atoms with Gasteiger partial charge in [0.1, 0.15) is 5.69 Å². The van der Waals surface area contributed by atoms with E-state index in [9.17, 15) is 9.18 Å². The highest BCUT2D eigenvalue weighted by Crippen LogP contribution is 2.37. The number of halogens is 1. The lowest BCUT2D eigenvalue weighted by atomic mass is 10.1. The van der Waals surface area contributed by atoms with E-state index in [1.807, 2.05) is 4.90 Å². The molecular formula is C12H13FN2O. The Balaban J connectivity index is 1.83. The van der Waals surface area contributed by atoms with Crippen LogP contribution in [0, 0.1) is 11.9 Å². The van der Waals surface area contributed by atoms with Crippen molar-refractivity contribution in [2.45, 2.75) is 25.3 Å². The molecule has 2 unspecified atom stereocenters. The van der Waals surface area contributed by atoms with Crippen LogP contribution in [0.4, 0.5) is 4.39 Å². The summed E-state index contributed by atoms with van der Waals surface area (Å²) in [7, 11) is 0. The van der Waals surface area contributed by atoms with Gasteiger partial charge >= 0.3 is 0 Å². The van der Waals surface area contributed by atoms with Crippen LogP contribution in [0.25, 0.3) is 0 Å². The number of hydrogen-bond acceptors (Lipinski definition) is 2. The number of rotatable bonds is 1. The molecule has 2 aliphatic rings. The highest BCUT2D eigenvalue weighted by atomic mass is 19.1. The number of fused-ring (bicyclic) bond motifs is 2. The van der Waals surface area contributed by atoms with Crippen LogP contribution in [0.5, 0.6) is 0 Å². The lowest BCUT2D eigenvalue weighted by molar-refractivity contribution is 0.0696. The zero-order chi connectivity index (χ0) is 11.1. The molecule has 1 saturated heterocycles. The van der Waals surface area contributed by atoms with Crippen molar-refractivity contribution in [1.29, 1.82) is 0 Å². The monoisotopic (exact) mass is 220 g/mol. The molecule has 1 amide bonds. The van der Waals surface area contributed by atoms with Crippen molar-refractivity contribution in [3.05, 3.63) is 29.8 Å². The molecule has 1 saturated carbocycles. The molecule has 1 aliphatic heterocycles. The lowest BCUT2D eigenvalue weighted by Gasteiger charge is -2.26. The van der Waals surface area contributed by atoms with Crippen LogP contribution in [0.2, 0.25) is 0 Å². The number of carbonyl (C=O) groups excluding carboxylic acids is 1. The van der Waals surface area contributed by atoms with Gasteiger partial charge in [0.2, 0.25) is 5.95 Å². The fraction of sp³-hybridized carbons (Fsp3) is 0.500. The van der Waals surface area contributed by atoms with Gasteiger partial charge in [-0.2, -0.15) is 4.39 Å². The lowest BCUT2D eigenvalue weighted by Crippen LogP contribution is -2.38. The van der Waals surface area contributed by atoms with Crippen molar-refractivity contribution in [2.75, 3.05) is 6.54 Å². The minimum atomic E-state index is -0.588. The Morgan fingerprint density at radius 2 is 2.31 bits per heavy atom. The van der Waals surface area contributed by atoms with Gasteiger partial charge in [-0.1, -0.05) is 6.07 Å². The molecule has 4 heteroatoms. The molecule has 2 fully saturated rings. The average molecular weight is 220 g/mol. The van der Waals surface area contributed by atoms with Crippen LogP contribution in [0.3, 0.4) is 0 Å². The highest BCUT2D eigenvalue weighted by Gasteiger charge is 2.40. The summed E-state index contributed by atoms with van der Waals surface area (Å²) in [6, 6.07) is 4.73. The van der Waals surface area contributed by atoms with E-state index in [0.717, 1.165) is 19.4 Å². The van der Waals surface area contributed by atoms with E-state index >= 15 is 0 Å². The van der Waals surface area contributed by atoms with Gasteiger partial charge in [0.25, 0.3) is 5.91 Å². The van der Waals surface area contributed by atoms with Crippen LogP contribution < -0.4 is 0 Å². The highest BCUT2D eigenvalue weighted by molar-refractivity contribution is 5.92. The van der Waals surface area contributed by atoms with Gasteiger partial charge in [-0.3, -0.25) is 4.79 Å². The number of aromatic nitrogens is 1. The molecule has 0 N–H and O–H groups in total. The van der Waals surface area contributed by atoms with Crippen molar-refractivity contribution in [2.24, 2.45) is 5.92 Å². The number of likely N-dealkylation sites (tertiary alicyclic amines) is 1. The van der Waals surface area contributed by atoms with Gasteiger partial charge in [0.05, 0.1) is 0 Å². The minimum absolute atomic E-state index is 0.119. The second-order valence-electron chi connectivity index (χ2n) is 4.64. The van der Waals surface area contributed by atoms with Crippen LogP contribution >= 0.6 is 0 Å². The number of carbonyl (C=O) groups is 1. The third-order valence-corrected chi connectivity index (χ3v) is 3.60. The second kappa shape index (κ2) is 3.54. The maximum atomic E-state index is 12.9. The van der Waals surface area contributed by atoms with Gasteiger partial charge in [-0.15, -0.1) is 0 Å². The van der Waals surface area contributed by atoms with E-state index < -0.39 is 5.95 Å². The van der Waals surface area contributed by atoms with E-state index in [4.69, 9.17) is 0 Å². The molecule has 1 aliphatic carbocycles. The molecule has 2 atom stereocenters. The van der Waals surface area contributed by atoms with E-state index in [0.29, 0.717) is 12.0 Å². The van der Waals surface area contributed by atoms with Gasteiger partial charge in [-0.25, -0.2) is 4.98 Å². The molecule has 2 bridgehead atoms. The van der Waals surface area contributed by atoms with Crippen LogP contribution in [-0.2, 0) is 0 Å². The fourth-order valence-electron chi connectivity index (χ4n) is 2.85. The maximum absolute atomic E-state index is 12.9. The Kier molecular flexibility index (Phi) is 2.16. The molecule has 3 nitrogen and oxygen atoms in total. The maximum Gasteiger partial charge on any atom is 0.272 e. The summed E-state index contributed by atoms with van der Waals surface area (Å²) in [6.07, 6.45) is 3.43. The second-order valence-corrected chi connectivity index (χ2v) is 4.64. The summed E-state index contributed by atoms with van der Waals surface area (Å²) in [4.78, 5) is 17.6. The zero-order valence-electron chi connectivity index (χ0n) is 8.90. The Labute approximate surface area is 93.3 Å². The van der Waals surface area contributed by atoms with Crippen molar-refractivity contribution < 1.29 is 9.18 Å². The molecular weight excluding hydrogens is 207 g/mol. The van der Waals surface area contributed by atoms with Crippen LogP contribution in [0.1, 0.15) is 29.8 Å². The van der Waals surface area contributed by atoms with Crippen molar-refractivity contribution >= 4 is 5.91 Å². The first-order chi connectivity index (χ1) is 7.74. The van der Waals surface area contributed by atoms with E-state index in [1.165, 1.54) is 18.6 Å². The van der Waals surface area contributed by atoms with E-state index in [-0.39, 0.29) is 11.6 Å². The molecule has 84 valence electrons. The topological polar surface area (TPSA) is 33.2 Å². The molecule has 0 aromatic carbocycles. The SMILES string of the molecule is O=C(c1cccc(F)n1)N1CC2CCC1C2. The number of pyridine rings is 1.